The van der Waals surface area contributed by atoms with E-state index in [0.29, 0.717) is 5.69 Å². The fourth-order valence-corrected chi connectivity index (χ4v) is 3.50. The van der Waals surface area contributed by atoms with Crippen LogP contribution in [0.5, 0.6) is 0 Å². The highest BCUT2D eigenvalue weighted by Gasteiger charge is 2.43. The second-order valence-electron chi connectivity index (χ2n) is 6.77. The highest BCUT2D eigenvalue weighted by molar-refractivity contribution is 6.40. The first-order valence-electron chi connectivity index (χ1n) is 9.09. The molecule has 1 aliphatic rings. The highest BCUT2D eigenvalue weighted by atomic mass is 35.5. The van der Waals surface area contributed by atoms with Crippen molar-refractivity contribution in [3.63, 3.8) is 0 Å². The van der Waals surface area contributed by atoms with Crippen LogP contribution in [0.2, 0.25) is 10.0 Å². The van der Waals surface area contributed by atoms with Gasteiger partial charge in [-0.2, -0.15) is 0 Å². The van der Waals surface area contributed by atoms with Crippen LogP contribution in [-0.2, 0) is 11.2 Å². The molecule has 3 rings (SSSR count). The Morgan fingerprint density at radius 3 is 2.50 bits per heavy atom. The minimum atomic E-state index is -1.09. The van der Waals surface area contributed by atoms with Gasteiger partial charge in [-0.25, -0.2) is 9.37 Å². The van der Waals surface area contributed by atoms with E-state index in [0.717, 1.165) is 24.8 Å². The number of nitrogens with zero attached hydrogens (tertiary/aromatic N) is 1. The van der Waals surface area contributed by atoms with E-state index in [1.165, 1.54) is 12.3 Å². The number of hydrogen-bond donors (Lipinski definition) is 2. The van der Waals surface area contributed by atoms with Gasteiger partial charge in [-0.3, -0.25) is 9.59 Å². The van der Waals surface area contributed by atoms with Crippen LogP contribution in [0.1, 0.15) is 42.1 Å². The fraction of sp³-hybridized carbons (Fsp3) is 0.350. The van der Waals surface area contributed by atoms with Gasteiger partial charge in [0.1, 0.15) is 12.0 Å². The van der Waals surface area contributed by atoms with Crippen molar-refractivity contribution < 1.29 is 14.0 Å². The van der Waals surface area contributed by atoms with Gasteiger partial charge in [0.25, 0.3) is 5.91 Å². The predicted octanol–water partition coefficient (Wildman–Crippen LogP) is 5.28. The number of hydrogen-bond acceptors (Lipinski definition) is 3. The molecule has 8 heteroatoms. The van der Waals surface area contributed by atoms with Crippen LogP contribution >= 0.6 is 23.2 Å². The lowest BCUT2D eigenvalue weighted by atomic mass is 10.1. The van der Waals surface area contributed by atoms with Gasteiger partial charge >= 0.3 is 0 Å². The third kappa shape index (κ3) is 5.00. The Morgan fingerprint density at radius 2 is 1.89 bits per heavy atom. The van der Waals surface area contributed by atoms with E-state index >= 15 is 0 Å². The summed E-state index contributed by atoms with van der Waals surface area (Å²) in [5.41, 5.74) is 1.57. The quantitative estimate of drug-likeness (QED) is 0.636. The molecule has 1 fully saturated rings. The number of carbonyl (C=O) groups excluding carboxylic acids is 2. The van der Waals surface area contributed by atoms with Crippen molar-refractivity contribution in [2.45, 2.75) is 38.8 Å². The molecule has 2 aromatic rings. The second kappa shape index (κ2) is 8.88. The number of anilines is 2. The lowest BCUT2D eigenvalue weighted by molar-refractivity contribution is -0.117. The van der Waals surface area contributed by atoms with Crippen LogP contribution in [0.15, 0.2) is 30.5 Å². The fourth-order valence-electron chi connectivity index (χ4n) is 2.79. The number of amides is 2. The topological polar surface area (TPSA) is 71.1 Å². The number of benzene rings is 1. The number of halogens is 3. The van der Waals surface area contributed by atoms with E-state index in [9.17, 15) is 14.0 Å². The molecule has 1 saturated carbocycles. The van der Waals surface area contributed by atoms with Gasteiger partial charge in [-0.1, -0.05) is 36.5 Å². The molecule has 0 bridgehead atoms. The maximum atomic E-state index is 13.0. The maximum absolute atomic E-state index is 13.0. The van der Waals surface area contributed by atoms with Crippen LogP contribution in [0, 0.1) is 5.92 Å². The number of nitrogens with one attached hydrogen (secondary N) is 2. The first kappa shape index (κ1) is 20.6. The molecule has 1 aliphatic carbocycles. The monoisotopic (exact) mass is 423 g/mol. The first-order valence-corrected chi connectivity index (χ1v) is 9.85. The van der Waals surface area contributed by atoms with E-state index in [1.54, 1.807) is 18.2 Å². The summed E-state index contributed by atoms with van der Waals surface area (Å²) in [6, 6.07) is 6.56. The molecule has 148 valence electrons. The summed E-state index contributed by atoms with van der Waals surface area (Å²) >= 11 is 12.6. The molecular formula is C20H20Cl2FN3O2. The molecule has 0 unspecified atom stereocenters. The predicted molar refractivity (Wildman–Crippen MR) is 109 cm³/mol. The summed E-state index contributed by atoms with van der Waals surface area (Å²) in [6.45, 7) is 2.09. The van der Waals surface area contributed by atoms with Crippen molar-refractivity contribution in [1.29, 1.82) is 0 Å². The first-order chi connectivity index (χ1) is 13.4. The van der Waals surface area contributed by atoms with Crippen molar-refractivity contribution in [2.24, 2.45) is 5.92 Å². The zero-order chi connectivity index (χ0) is 20.3. The molecule has 2 atom stereocenters. The molecule has 1 heterocycles. The average molecular weight is 424 g/mol. The number of alkyl halides is 1. The van der Waals surface area contributed by atoms with E-state index in [4.69, 9.17) is 23.2 Å². The third-order valence-electron chi connectivity index (χ3n) is 4.47. The van der Waals surface area contributed by atoms with Gasteiger partial charge in [0.15, 0.2) is 0 Å². The van der Waals surface area contributed by atoms with Crippen molar-refractivity contribution in [3.05, 3.63) is 51.6 Å². The molecule has 1 aromatic carbocycles. The maximum Gasteiger partial charge on any atom is 0.258 e. The summed E-state index contributed by atoms with van der Waals surface area (Å²) in [4.78, 5) is 28.5. The van der Waals surface area contributed by atoms with Gasteiger partial charge in [0, 0.05) is 18.0 Å². The van der Waals surface area contributed by atoms with Crippen LogP contribution in [0.3, 0.4) is 0 Å². The van der Waals surface area contributed by atoms with E-state index in [-0.39, 0.29) is 27.8 Å². The third-order valence-corrected chi connectivity index (χ3v) is 5.06. The molecule has 2 amide bonds. The Labute approximate surface area is 172 Å². The molecular weight excluding hydrogens is 404 g/mol. The summed E-state index contributed by atoms with van der Waals surface area (Å²) in [6.07, 6.45) is 3.47. The molecule has 0 spiro atoms. The number of carbonyl (C=O) groups is 2. The van der Waals surface area contributed by atoms with Crippen LogP contribution < -0.4 is 10.6 Å². The van der Waals surface area contributed by atoms with Gasteiger partial charge in [-0.05, 0) is 43.0 Å². The molecule has 5 nitrogen and oxygen atoms in total. The molecule has 0 aliphatic heterocycles. The SMILES string of the molecule is CCCCc1cc(Cl)c(C(=O)Nc2ccnc(NC(=O)[C@H]3C[C@H]3F)c2)c(Cl)c1. The molecule has 0 saturated heterocycles. The Hall–Kier alpha value is -2.18. The number of aromatic nitrogens is 1. The Balaban J connectivity index is 1.71. The molecule has 1 aromatic heterocycles. The summed E-state index contributed by atoms with van der Waals surface area (Å²) < 4.78 is 13.0. The largest absolute Gasteiger partial charge is 0.322 e. The average Bonchev–Trinajstić information content (AvgIpc) is 3.36. The number of unbranched alkanes of at least 4 members (excludes halogenated alkanes) is 1. The number of pyridine rings is 1. The zero-order valence-electron chi connectivity index (χ0n) is 15.3. The molecule has 0 radical (unpaired) electrons. The Morgan fingerprint density at radius 1 is 1.21 bits per heavy atom. The normalized spacial score (nSPS) is 17.9. The highest BCUT2D eigenvalue weighted by Crippen LogP contribution is 2.34. The lowest BCUT2D eigenvalue weighted by Gasteiger charge is -2.11. The van der Waals surface area contributed by atoms with Crippen molar-refractivity contribution >= 4 is 46.5 Å². The van der Waals surface area contributed by atoms with E-state index in [1.807, 2.05) is 0 Å². The summed E-state index contributed by atoms with van der Waals surface area (Å²) in [7, 11) is 0. The molecule has 28 heavy (non-hydrogen) atoms. The van der Waals surface area contributed by atoms with Crippen molar-refractivity contribution in [1.82, 2.24) is 4.98 Å². The minimum absolute atomic E-state index is 0.184. The van der Waals surface area contributed by atoms with E-state index < -0.39 is 23.9 Å². The Kier molecular flexibility index (Phi) is 6.52. The summed E-state index contributed by atoms with van der Waals surface area (Å²) in [5, 5.41) is 5.80. The van der Waals surface area contributed by atoms with Crippen LogP contribution in [-0.4, -0.2) is 23.0 Å². The van der Waals surface area contributed by atoms with Gasteiger partial charge in [0.2, 0.25) is 5.91 Å². The second-order valence-corrected chi connectivity index (χ2v) is 7.58. The van der Waals surface area contributed by atoms with E-state index in [2.05, 4.69) is 22.5 Å². The van der Waals surface area contributed by atoms with Gasteiger partial charge in [-0.15, -0.1) is 0 Å². The van der Waals surface area contributed by atoms with Crippen molar-refractivity contribution in [3.8, 4) is 0 Å². The van der Waals surface area contributed by atoms with Crippen LogP contribution in [0.25, 0.3) is 0 Å². The number of aryl methyl sites for hydroxylation is 1. The van der Waals surface area contributed by atoms with Gasteiger partial charge in [0.05, 0.1) is 21.5 Å². The zero-order valence-corrected chi connectivity index (χ0v) is 16.8. The lowest BCUT2D eigenvalue weighted by Crippen LogP contribution is -2.17. The number of rotatable bonds is 7. The summed E-state index contributed by atoms with van der Waals surface area (Å²) in [5.74, 6) is -1.28. The van der Waals surface area contributed by atoms with Gasteiger partial charge < -0.3 is 10.6 Å². The standard InChI is InChI=1S/C20H20Cl2FN3O2/c1-2-3-4-11-7-14(21)18(15(22)8-11)20(28)25-12-5-6-24-17(9-12)26-19(27)13-10-16(13)23/h5-9,13,16H,2-4,10H2,1H3,(H2,24,25,26,27,28)/t13-,16+/m0/s1. The Bertz CT molecular complexity index is 884. The molecule has 2 N–H and O–H groups in total. The smallest absolute Gasteiger partial charge is 0.258 e. The minimum Gasteiger partial charge on any atom is -0.322 e. The van der Waals surface area contributed by atoms with Crippen molar-refractivity contribution in [2.75, 3.05) is 10.6 Å². The van der Waals surface area contributed by atoms with Crippen LogP contribution in [0.4, 0.5) is 15.9 Å².